The van der Waals surface area contributed by atoms with E-state index in [9.17, 15) is 4.79 Å². The summed E-state index contributed by atoms with van der Waals surface area (Å²) < 4.78 is 8.92. The minimum absolute atomic E-state index is 0.0137. The smallest absolute Gasteiger partial charge is 0.356 e. The van der Waals surface area contributed by atoms with Crippen LogP contribution in [0.2, 0.25) is 0 Å². The molecule has 8 nitrogen and oxygen atoms in total. The standard InChI is InChI=1S/C16H15N5O3/c1-20-14(6-12(18-20)16(22)23)13-8-21(19-17-13)7-10-9-24-15-5-3-2-4-11(10)15/h2-6,8,10H,7,9H2,1H3,(H,22,23). The summed E-state index contributed by atoms with van der Waals surface area (Å²) in [6.45, 7) is 1.26. The number of carboxylic acid groups (broad SMARTS) is 1. The first-order valence-corrected chi connectivity index (χ1v) is 7.51. The van der Waals surface area contributed by atoms with E-state index in [0.717, 1.165) is 5.75 Å². The molecule has 0 saturated heterocycles. The fraction of sp³-hybridized carbons (Fsp3) is 0.250. The summed E-state index contributed by atoms with van der Waals surface area (Å²) in [7, 11) is 1.68. The summed E-state index contributed by atoms with van der Waals surface area (Å²) in [4.78, 5) is 11.0. The van der Waals surface area contributed by atoms with E-state index in [2.05, 4.69) is 21.5 Å². The zero-order valence-electron chi connectivity index (χ0n) is 13.0. The normalized spacial score (nSPS) is 16.0. The lowest BCUT2D eigenvalue weighted by atomic mass is 10.0. The second kappa shape index (κ2) is 5.48. The summed E-state index contributed by atoms with van der Waals surface area (Å²) in [6.07, 6.45) is 1.80. The van der Waals surface area contributed by atoms with Crippen LogP contribution in [0.3, 0.4) is 0 Å². The van der Waals surface area contributed by atoms with Gasteiger partial charge in [-0.2, -0.15) is 5.10 Å². The van der Waals surface area contributed by atoms with Crippen molar-refractivity contribution in [1.82, 2.24) is 24.8 Å². The van der Waals surface area contributed by atoms with Gasteiger partial charge in [-0.3, -0.25) is 9.36 Å². The van der Waals surface area contributed by atoms with Crippen LogP contribution < -0.4 is 4.74 Å². The lowest BCUT2D eigenvalue weighted by molar-refractivity contribution is 0.0689. The average Bonchev–Trinajstić information content (AvgIpc) is 3.27. The first-order chi connectivity index (χ1) is 11.6. The maximum absolute atomic E-state index is 11.0. The third-order valence-corrected chi connectivity index (χ3v) is 4.11. The van der Waals surface area contributed by atoms with Crippen molar-refractivity contribution in [2.45, 2.75) is 12.5 Å². The largest absolute Gasteiger partial charge is 0.493 e. The van der Waals surface area contributed by atoms with Crippen LogP contribution in [0.4, 0.5) is 0 Å². The van der Waals surface area contributed by atoms with Crippen molar-refractivity contribution in [3.05, 3.63) is 47.8 Å². The Bertz CT molecular complexity index is 914. The predicted molar refractivity (Wildman–Crippen MR) is 83.9 cm³/mol. The van der Waals surface area contributed by atoms with Crippen molar-refractivity contribution in [1.29, 1.82) is 0 Å². The second-order valence-electron chi connectivity index (χ2n) is 5.72. The molecule has 0 spiro atoms. The molecule has 1 unspecified atom stereocenters. The van der Waals surface area contributed by atoms with Gasteiger partial charge in [0.2, 0.25) is 0 Å². The Morgan fingerprint density at radius 1 is 1.42 bits per heavy atom. The van der Waals surface area contributed by atoms with E-state index in [4.69, 9.17) is 9.84 Å². The molecule has 0 fully saturated rings. The number of rotatable bonds is 4. The monoisotopic (exact) mass is 325 g/mol. The number of aryl methyl sites for hydroxylation is 1. The van der Waals surface area contributed by atoms with Gasteiger partial charge in [-0.15, -0.1) is 5.10 Å². The first kappa shape index (κ1) is 14.4. The third-order valence-electron chi connectivity index (χ3n) is 4.11. The molecule has 2 aromatic heterocycles. The highest BCUT2D eigenvalue weighted by Gasteiger charge is 2.24. The summed E-state index contributed by atoms with van der Waals surface area (Å²) in [6, 6.07) is 9.47. The van der Waals surface area contributed by atoms with Crippen LogP contribution in [0.1, 0.15) is 22.0 Å². The lowest BCUT2D eigenvalue weighted by Gasteiger charge is -2.07. The lowest BCUT2D eigenvalue weighted by Crippen LogP contribution is -2.11. The molecule has 1 aromatic carbocycles. The van der Waals surface area contributed by atoms with Crippen LogP contribution in [-0.2, 0) is 13.6 Å². The SMILES string of the molecule is Cn1nc(C(=O)O)cc1-c1cn(CC2COc3ccccc32)nn1. The van der Waals surface area contributed by atoms with Crippen LogP contribution in [-0.4, -0.2) is 42.5 Å². The number of fused-ring (bicyclic) bond motifs is 1. The first-order valence-electron chi connectivity index (χ1n) is 7.51. The van der Waals surface area contributed by atoms with Crippen molar-refractivity contribution in [3.63, 3.8) is 0 Å². The Kier molecular flexibility index (Phi) is 3.30. The van der Waals surface area contributed by atoms with Crippen LogP contribution in [0, 0.1) is 0 Å². The number of ether oxygens (including phenoxy) is 1. The van der Waals surface area contributed by atoms with Crippen molar-refractivity contribution >= 4 is 5.97 Å². The highest BCUT2D eigenvalue weighted by molar-refractivity contribution is 5.86. The third kappa shape index (κ3) is 2.41. The zero-order valence-corrected chi connectivity index (χ0v) is 13.0. The van der Waals surface area contributed by atoms with Gasteiger partial charge in [0.25, 0.3) is 0 Å². The molecule has 8 heteroatoms. The molecule has 0 aliphatic carbocycles. The molecule has 24 heavy (non-hydrogen) atoms. The van der Waals surface area contributed by atoms with E-state index < -0.39 is 5.97 Å². The minimum Gasteiger partial charge on any atom is -0.493 e. The molecule has 0 bridgehead atoms. The van der Waals surface area contributed by atoms with Gasteiger partial charge in [0.15, 0.2) is 5.69 Å². The van der Waals surface area contributed by atoms with Crippen molar-refractivity contribution in [2.75, 3.05) is 6.61 Å². The molecule has 1 atom stereocenters. The summed E-state index contributed by atoms with van der Waals surface area (Å²) in [5, 5.41) is 21.3. The number of carbonyl (C=O) groups is 1. The van der Waals surface area contributed by atoms with Crippen molar-refractivity contribution < 1.29 is 14.6 Å². The number of nitrogens with zero attached hydrogens (tertiary/aromatic N) is 5. The van der Waals surface area contributed by atoms with Gasteiger partial charge >= 0.3 is 5.97 Å². The molecular formula is C16H15N5O3. The van der Waals surface area contributed by atoms with Crippen LogP contribution in [0.25, 0.3) is 11.4 Å². The number of para-hydroxylation sites is 1. The predicted octanol–water partition coefficient (Wildman–Crippen LogP) is 1.55. The molecule has 3 aromatic rings. The van der Waals surface area contributed by atoms with Gasteiger partial charge in [-0.1, -0.05) is 23.4 Å². The van der Waals surface area contributed by atoms with Gasteiger partial charge in [-0.05, 0) is 6.07 Å². The van der Waals surface area contributed by atoms with E-state index in [1.54, 1.807) is 17.9 Å². The van der Waals surface area contributed by atoms with Gasteiger partial charge in [0, 0.05) is 24.6 Å². The number of aromatic carboxylic acids is 1. The Morgan fingerprint density at radius 2 is 2.25 bits per heavy atom. The summed E-state index contributed by atoms with van der Waals surface area (Å²) >= 11 is 0. The molecule has 1 N–H and O–H groups in total. The van der Waals surface area contributed by atoms with E-state index in [1.807, 2.05) is 18.2 Å². The number of benzene rings is 1. The van der Waals surface area contributed by atoms with Gasteiger partial charge in [-0.25, -0.2) is 4.79 Å². The number of aromatic nitrogens is 5. The topological polar surface area (TPSA) is 95.1 Å². The molecule has 1 aliphatic rings. The van der Waals surface area contributed by atoms with E-state index in [0.29, 0.717) is 24.5 Å². The van der Waals surface area contributed by atoms with Crippen LogP contribution in [0.15, 0.2) is 36.5 Å². The maximum atomic E-state index is 11.0. The number of hydrogen-bond donors (Lipinski definition) is 1. The molecule has 122 valence electrons. The molecule has 0 radical (unpaired) electrons. The fourth-order valence-electron chi connectivity index (χ4n) is 2.92. The highest BCUT2D eigenvalue weighted by Crippen LogP contribution is 2.34. The van der Waals surface area contributed by atoms with Gasteiger partial charge in [0.1, 0.15) is 11.4 Å². The minimum atomic E-state index is -1.07. The Hall–Kier alpha value is -3.16. The number of carboxylic acids is 1. The number of hydrogen-bond acceptors (Lipinski definition) is 5. The molecule has 4 rings (SSSR count). The molecule has 3 heterocycles. The quantitative estimate of drug-likeness (QED) is 0.782. The molecule has 0 amide bonds. The summed E-state index contributed by atoms with van der Waals surface area (Å²) in [5.41, 5.74) is 2.36. The highest BCUT2D eigenvalue weighted by atomic mass is 16.5. The van der Waals surface area contributed by atoms with Crippen LogP contribution >= 0.6 is 0 Å². The van der Waals surface area contributed by atoms with Gasteiger partial charge < -0.3 is 9.84 Å². The van der Waals surface area contributed by atoms with Gasteiger partial charge in [0.05, 0.1) is 25.0 Å². The second-order valence-corrected chi connectivity index (χ2v) is 5.72. The van der Waals surface area contributed by atoms with Crippen LogP contribution in [0.5, 0.6) is 5.75 Å². The Balaban J connectivity index is 1.57. The fourth-order valence-corrected chi connectivity index (χ4v) is 2.92. The Morgan fingerprint density at radius 3 is 3.04 bits per heavy atom. The molecular weight excluding hydrogens is 310 g/mol. The molecule has 1 aliphatic heterocycles. The van der Waals surface area contributed by atoms with Crippen molar-refractivity contribution in [2.24, 2.45) is 7.05 Å². The Labute approximate surface area is 137 Å². The maximum Gasteiger partial charge on any atom is 0.356 e. The zero-order chi connectivity index (χ0) is 16.7. The van der Waals surface area contributed by atoms with E-state index in [-0.39, 0.29) is 11.6 Å². The van der Waals surface area contributed by atoms with E-state index in [1.165, 1.54) is 16.3 Å². The molecule has 0 saturated carbocycles. The van der Waals surface area contributed by atoms with Crippen molar-refractivity contribution in [3.8, 4) is 17.1 Å². The average molecular weight is 325 g/mol. The van der Waals surface area contributed by atoms with E-state index >= 15 is 0 Å². The summed E-state index contributed by atoms with van der Waals surface area (Å²) in [5.74, 6) is 0.0707.